The molecule has 82 valence electrons. The van der Waals surface area contributed by atoms with Crippen LogP contribution in [0.1, 0.15) is 0 Å². The minimum absolute atomic E-state index is 0.0285. The summed E-state index contributed by atoms with van der Waals surface area (Å²) in [4.78, 5) is 21.9. The van der Waals surface area contributed by atoms with Gasteiger partial charge in [0, 0.05) is 19.3 Å². The maximum Gasteiger partial charge on any atom is 0.277 e. The van der Waals surface area contributed by atoms with Crippen LogP contribution in [0.15, 0.2) is 29.2 Å². The topological polar surface area (TPSA) is 85.4 Å². The number of hydrogen-bond donors (Lipinski definition) is 1. The molecule has 2 aromatic rings. The highest BCUT2D eigenvalue weighted by atomic mass is 16.6. The van der Waals surface area contributed by atoms with E-state index in [1.54, 1.807) is 0 Å². The monoisotopic (exact) mass is 220 g/mol. The molecule has 0 aliphatic heterocycles. The van der Waals surface area contributed by atoms with Crippen LogP contribution in [0.2, 0.25) is 0 Å². The van der Waals surface area contributed by atoms with Crippen molar-refractivity contribution in [3.05, 3.63) is 44.9 Å². The van der Waals surface area contributed by atoms with Crippen LogP contribution in [0.4, 0.5) is 5.69 Å². The second-order valence-electron chi connectivity index (χ2n) is 3.38. The molecular formula is C10H8N2O4. The Morgan fingerprint density at radius 3 is 2.69 bits per heavy atom. The summed E-state index contributed by atoms with van der Waals surface area (Å²) in [6, 6.07) is 3.77. The first kappa shape index (κ1) is 10.2. The van der Waals surface area contributed by atoms with E-state index in [9.17, 15) is 20.0 Å². The maximum absolute atomic E-state index is 11.7. The number of aromatic nitrogens is 1. The van der Waals surface area contributed by atoms with Gasteiger partial charge in [-0.15, -0.1) is 0 Å². The van der Waals surface area contributed by atoms with Crippen LogP contribution in [0.25, 0.3) is 10.8 Å². The van der Waals surface area contributed by atoms with E-state index in [4.69, 9.17) is 0 Å². The maximum atomic E-state index is 11.7. The third kappa shape index (κ3) is 1.31. The number of rotatable bonds is 1. The lowest BCUT2D eigenvalue weighted by Crippen LogP contribution is -2.15. The molecule has 0 aliphatic rings. The van der Waals surface area contributed by atoms with Crippen molar-refractivity contribution >= 4 is 16.5 Å². The average Bonchev–Trinajstić information content (AvgIpc) is 2.23. The van der Waals surface area contributed by atoms with Crippen LogP contribution in [0, 0.1) is 10.1 Å². The van der Waals surface area contributed by atoms with Crippen molar-refractivity contribution in [3.8, 4) is 5.75 Å². The zero-order chi connectivity index (χ0) is 11.9. The number of nitro groups is 1. The largest absolute Gasteiger partial charge is 0.507 e. The number of nitrogens with zero attached hydrogens (tertiary/aromatic N) is 2. The number of hydrogen-bond acceptors (Lipinski definition) is 4. The van der Waals surface area contributed by atoms with E-state index in [1.807, 2.05) is 0 Å². The van der Waals surface area contributed by atoms with E-state index in [0.29, 0.717) is 0 Å². The Morgan fingerprint density at radius 2 is 2.06 bits per heavy atom. The molecule has 0 amide bonds. The van der Waals surface area contributed by atoms with E-state index >= 15 is 0 Å². The standard InChI is InChI=1S/C10H8N2O4/c1-11-5-4-6-7(12(15)16)2-3-8(13)9(6)10(11)14/h2-5,13H,1H3. The summed E-state index contributed by atoms with van der Waals surface area (Å²) in [6.45, 7) is 0. The number of phenolic OH excluding ortho intramolecular Hbond substituents is 1. The number of aryl methyl sites for hydroxylation is 1. The molecule has 0 bridgehead atoms. The molecule has 6 heteroatoms. The molecule has 0 radical (unpaired) electrons. The molecule has 1 aromatic heterocycles. The van der Waals surface area contributed by atoms with Gasteiger partial charge >= 0.3 is 0 Å². The predicted octanol–water partition coefficient (Wildman–Crippen LogP) is 1.15. The predicted molar refractivity (Wildman–Crippen MR) is 57.5 cm³/mol. The highest BCUT2D eigenvalue weighted by molar-refractivity contribution is 5.94. The molecule has 0 atom stereocenters. The Hall–Kier alpha value is -2.37. The molecule has 0 unspecified atom stereocenters. The molecule has 1 N–H and O–H groups in total. The van der Waals surface area contributed by atoms with Gasteiger partial charge in [-0.05, 0) is 12.1 Å². The molecule has 6 nitrogen and oxygen atoms in total. The number of pyridine rings is 1. The van der Waals surface area contributed by atoms with Crippen molar-refractivity contribution < 1.29 is 10.0 Å². The highest BCUT2D eigenvalue weighted by Gasteiger charge is 2.16. The van der Waals surface area contributed by atoms with Gasteiger partial charge in [0.1, 0.15) is 5.75 Å². The van der Waals surface area contributed by atoms with Crippen molar-refractivity contribution in [2.24, 2.45) is 7.05 Å². The van der Waals surface area contributed by atoms with Crippen LogP contribution >= 0.6 is 0 Å². The van der Waals surface area contributed by atoms with E-state index in [-0.39, 0.29) is 22.2 Å². The molecule has 1 heterocycles. The summed E-state index contributed by atoms with van der Waals surface area (Å²) < 4.78 is 1.26. The lowest BCUT2D eigenvalue weighted by Gasteiger charge is -2.03. The van der Waals surface area contributed by atoms with E-state index < -0.39 is 10.5 Å². The fraction of sp³-hybridized carbons (Fsp3) is 0.100. The third-order valence-electron chi connectivity index (χ3n) is 2.40. The Balaban J connectivity index is 3.03. The SMILES string of the molecule is Cn1ccc2c([N+](=O)[O-])ccc(O)c2c1=O. The first-order chi connectivity index (χ1) is 7.52. The number of non-ortho nitro benzene ring substituents is 1. The molecule has 16 heavy (non-hydrogen) atoms. The Kier molecular flexibility index (Phi) is 2.12. The summed E-state index contributed by atoms with van der Waals surface area (Å²) in [5.41, 5.74) is -0.649. The summed E-state index contributed by atoms with van der Waals surface area (Å²) in [7, 11) is 1.51. The van der Waals surface area contributed by atoms with Crippen molar-refractivity contribution in [1.82, 2.24) is 4.57 Å². The van der Waals surface area contributed by atoms with Gasteiger partial charge in [0.05, 0.1) is 15.7 Å². The minimum atomic E-state index is -0.582. The number of benzene rings is 1. The molecule has 0 saturated carbocycles. The fourth-order valence-corrected chi connectivity index (χ4v) is 1.58. The van der Waals surface area contributed by atoms with Crippen LogP contribution in [-0.4, -0.2) is 14.6 Å². The van der Waals surface area contributed by atoms with Gasteiger partial charge in [0.15, 0.2) is 0 Å². The van der Waals surface area contributed by atoms with Gasteiger partial charge in [-0.3, -0.25) is 14.9 Å². The number of phenols is 1. The minimum Gasteiger partial charge on any atom is -0.507 e. The quantitative estimate of drug-likeness (QED) is 0.577. The van der Waals surface area contributed by atoms with Crippen LogP contribution in [0.3, 0.4) is 0 Å². The summed E-state index contributed by atoms with van der Waals surface area (Å²) in [5.74, 6) is -0.248. The van der Waals surface area contributed by atoms with Crippen molar-refractivity contribution in [1.29, 1.82) is 0 Å². The summed E-state index contributed by atoms with van der Waals surface area (Å²) in [5, 5.41) is 20.4. The summed E-state index contributed by atoms with van der Waals surface area (Å²) in [6.07, 6.45) is 1.43. The van der Waals surface area contributed by atoms with Gasteiger partial charge in [-0.2, -0.15) is 0 Å². The fourth-order valence-electron chi connectivity index (χ4n) is 1.58. The third-order valence-corrected chi connectivity index (χ3v) is 2.40. The number of aromatic hydroxyl groups is 1. The van der Waals surface area contributed by atoms with Crippen molar-refractivity contribution in [2.45, 2.75) is 0 Å². The van der Waals surface area contributed by atoms with Gasteiger partial charge < -0.3 is 9.67 Å². The highest BCUT2D eigenvalue weighted by Crippen LogP contribution is 2.29. The van der Waals surface area contributed by atoms with Crippen LogP contribution in [0.5, 0.6) is 5.75 Å². The van der Waals surface area contributed by atoms with Gasteiger partial charge in [-0.1, -0.05) is 0 Å². The van der Waals surface area contributed by atoms with Gasteiger partial charge in [-0.25, -0.2) is 0 Å². The molecule has 0 aliphatic carbocycles. The van der Waals surface area contributed by atoms with Crippen molar-refractivity contribution in [2.75, 3.05) is 0 Å². The Labute approximate surface area is 89.5 Å². The molecule has 2 rings (SSSR count). The number of fused-ring (bicyclic) bond motifs is 1. The zero-order valence-corrected chi connectivity index (χ0v) is 8.38. The van der Waals surface area contributed by atoms with E-state index in [2.05, 4.69) is 0 Å². The lowest BCUT2D eigenvalue weighted by atomic mass is 10.1. The molecule has 0 fully saturated rings. The first-order valence-electron chi connectivity index (χ1n) is 4.48. The summed E-state index contributed by atoms with van der Waals surface area (Å²) >= 11 is 0. The number of nitro benzene ring substituents is 1. The van der Waals surface area contributed by atoms with Gasteiger partial charge in [0.2, 0.25) is 0 Å². The molecule has 0 spiro atoms. The van der Waals surface area contributed by atoms with Crippen molar-refractivity contribution in [3.63, 3.8) is 0 Å². The van der Waals surface area contributed by atoms with Crippen LogP contribution < -0.4 is 5.56 Å². The average molecular weight is 220 g/mol. The molecular weight excluding hydrogens is 212 g/mol. The second-order valence-corrected chi connectivity index (χ2v) is 3.38. The lowest BCUT2D eigenvalue weighted by molar-refractivity contribution is -0.383. The van der Waals surface area contributed by atoms with E-state index in [0.717, 1.165) is 6.07 Å². The second kappa shape index (κ2) is 3.34. The van der Waals surface area contributed by atoms with E-state index in [1.165, 1.54) is 29.9 Å². The smallest absolute Gasteiger partial charge is 0.277 e. The van der Waals surface area contributed by atoms with Gasteiger partial charge in [0.25, 0.3) is 11.2 Å². The molecule has 1 aromatic carbocycles. The first-order valence-corrected chi connectivity index (χ1v) is 4.48. The Bertz CT molecular complexity index is 645. The normalized spacial score (nSPS) is 10.6. The zero-order valence-electron chi connectivity index (χ0n) is 8.38. The van der Waals surface area contributed by atoms with Crippen LogP contribution in [-0.2, 0) is 7.05 Å². The molecule has 0 saturated heterocycles. The Morgan fingerprint density at radius 1 is 1.38 bits per heavy atom.